The maximum Gasteiger partial charge on any atom is 0.328 e. The van der Waals surface area contributed by atoms with E-state index in [0.29, 0.717) is 16.8 Å². The molecule has 148 valence electrons. The first-order chi connectivity index (χ1) is 13.4. The molecule has 6 heteroatoms. The van der Waals surface area contributed by atoms with Gasteiger partial charge in [0.2, 0.25) is 0 Å². The third kappa shape index (κ3) is 4.02. The summed E-state index contributed by atoms with van der Waals surface area (Å²) >= 11 is 1.44. The molecule has 0 radical (unpaired) electrons. The molecule has 0 spiro atoms. The van der Waals surface area contributed by atoms with E-state index in [1.165, 1.54) is 33.4 Å². The second-order valence-corrected chi connectivity index (χ2v) is 7.99. The number of hydrogen-bond donors (Lipinski definition) is 0. The lowest BCUT2D eigenvalue weighted by atomic mass is 10.0. The Morgan fingerprint density at radius 3 is 2.75 bits per heavy atom. The highest BCUT2D eigenvalue weighted by atomic mass is 32.1. The van der Waals surface area contributed by atoms with Crippen molar-refractivity contribution in [1.29, 1.82) is 0 Å². The molecule has 3 rings (SSSR count). The van der Waals surface area contributed by atoms with Crippen LogP contribution in [0, 0.1) is 13.8 Å². The van der Waals surface area contributed by atoms with Crippen LogP contribution in [0.4, 0.5) is 0 Å². The van der Waals surface area contributed by atoms with Gasteiger partial charge in [-0.25, -0.2) is 9.78 Å². The summed E-state index contributed by atoms with van der Waals surface area (Å²) in [5, 5.41) is 2.52. The fourth-order valence-corrected chi connectivity index (χ4v) is 4.01. The van der Waals surface area contributed by atoms with Crippen LogP contribution in [0.25, 0.3) is 21.3 Å². The molecule has 1 atom stereocenters. The number of unbranched alkanes of at least 4 members (excludes halogenated alkanes) is 2. The normalized spacial score (nSPS) is 12.3. The molecule has 0 bridgehead atoms. The van der Waals surface area contributed by atoms with E-state index >= 15 is 0 Å². The first-order valence-electron chi connectivity index (χ1n) is 9.66. The van der Waals surface area contributed by atoms with Gasteiger partial charge in [0.05, 0.1) is 18.3 Å². The topological polar surface area (TPSA) is 61.2 Å². The van der Waals surface area contributed by atoms with Gasteiger partial charge in [-0.05, 0) is 43.9 Å². The number of rotatable bonds is 7. The number of aromatic nitrogens is 2. The Morgan fingerprint density at radius 1 is 1.25 bits per heavy atom. The van der Waals surface area contributed by atoms with Gasteiger partial charge in [0.25, 0.3) is 5.56 Å². The minimum atomic E-state index is -0.710. The number of ether oxygens (including phenoxy) is 1. The highest BCUT2D eigenvalue weighted by Gasteiger charge is 2.21. The molecular weight excluding hydrogens is 372 g/mol. The van der Waals surface area contributed by atoms with E-state index in [0.717, 1.165) is 30.4 Å². The number of hydrogen-bond acceptors (Lipinski definition) is 5. The molecule has 5 nitrogen and oxygen atoms in total. The summed E-state index contributed by atoms with van der Waals surface area (Å²) in [5.74, 6) is -0.401. The zero-order valence-corrected chi connectivity index (χ0v) is 17.6. The number of carbonyl (C=O) groups is 1. The van der Waals surface area contributed by atoms with Gasteiger partial charge in [0.1, 0.15) is 10.9 Å². The van der Waals surface area contributed by atoms with Crippen LogP contribution < -0.4 is 5.56 Å². The fourth-order valence-electron chi connectivity index (χ4n) is 3.10. The quantitative estimate of drug-likeness (QED) is 0.413. The van der Waals surface area contributed by atoms with Crippen molar-refractivity contribution in [2.24, 2.45) is 0 Å². The van der Waals surface area contributed by atoms with Crippen LogP contribution in [0.1, 0.15) is 50.3 Å². The molecule has 1 aromatic carbocycles. The standard InChI is InChI=1S/C22H26N2O3S/c1-5-6-7-10-27-22(26)16(4)24-13-23-20-19(21(24)25)18(12-28-20)17-9-8-14(2)15(3)11-17/h8-9,11-13,16H,5-7,10H2,1-4H3. The molecule has 0 saturated carbocycles. The molecule has 0 aliphatic rings. The highest BCUT2D eigenvalue weighted by molar-refractivity contribution is 7.17. The fraction of sp³-hybridized carbons (Fsp3) is 0.409. The number of aryl methyl sites for hydroxylation is 2. The van der Waals surface area contributed by atoms with Crippen LogP contribution in [-0.4, -0.2) is 22.1 Å². The number of benzene rings is 1. The number of thiophene rings is 1. The van der Waals surface area contributed by atoms with Crippen molar-refractivity contribution < 1.29 is 9.53 Å². The van der Waals surface area contributed by atoms with Crippen molar-refractivity contribution in [3.05, 3.63) is 51.4 Å². The summed E-state index contributed by atoms with van der Waals surface area (Å²) in [5.41, 5.74) is 4.01. The monoisotopic (exact) mass is 398 g/mol. The van der Waals surface area contributed by atoms with Gasteiger partial charge >= 0.3 is 5.97 Å². The minimum Gasteiger partial charge on any atom is -0.464 e. The zero-order valence-electron chi connectivity index (χ0n) is 16.8. The van der Waals surface area contributed by atoms with Crippen molar-refractivity contribution in [2.75, 3.05) is 6.61 Å². The Labute approximate surface area is 169 Å². The van der Waals surface area contributed by atoms with E-state index in [4.69, 9.17) is 4.74 Å². The molecule has 0 N–H and O–H groups in total. The van der Waals surface area contributed by atoms with Crippen LogP contribution in [-0.2, 0) is 9.53 Å². The lowest BCUT2D eigenvalue weighted by Gasteiger charge is -2.14. The Kier molecular flexibility index (Phi) is 6.29. The number of fused-ring (bicyclic) bond motifs is 1. The Balaban J connectivity index is 1.95. The number of esters is 1. The van der Waals surface area contributed by atoms with E-state index in [1.807, 2.05) is 11.4 Å². The largest absolute Gasteiger partial charge is 0.464 e. The molecule has 1 unspecified atom stereocenters. The van der Waals surface area contributed by atoms with Gasteiger partial charge in [-0.2, -0.15) is 0 Å². The minimum absolute atomic E-state index is 0.211. The van der Waals surface area contributed by atoms with Crippen LogP contribution in [0.15, 0.2) is 34.7 Å². The van der Waals surface area contributed by atoms with E-state index in [-0.39, 0.29) is 5.56 Å². The van der Waals surface area contributed by atoms with Gasteiger partial charge in [-0.3, -0.25) is 9.36 Å². The summed E-state index contributed by atoms with van der Waals surface area (Å²) in [6.45, 7) is 8.28. The Morgan fingerprint density at radius 2 is 2.04 bits per heavy atom. The van der Waals surface area contributed by atoms with Crippen molar-refractivity contribution in [2.45, 2.75) is 53.0 Å². The molecule has 28 heavy (non-hydrogen) atoms. The number of carbonyl (C=O) groups excluding carboxylic acids is 1. The van der Waals surface area contributed by atoms with Crippen LogP contribution in [0.2, 0.25) is 0 Å². The summed E-state index contributed by atoms with van der Waals surface area (Å²) < 4.78 is 6.71. The van der Waals surface area contributed by atoms with Gasteiger partial charge in [-0.15, -0.1) is 11.3 Å². The van der Waals surface area contributed by atoms with Gasteiger partial charge < -0.3 is 4.74 Å². The summed E-state index contributed by atoms with van der Waals surface area (Å²) in [6.07, 6.45) is 4.36. The molecule has 0 amide bonds. The first kappa shape index (κ1) is 20.3. The molecular formula is C22H26N2O3S. The maximum atomic E-state index is 13.2. The predicted octanol–water partition coefficient (Wildman–Crippen LogP) is 5.04. The molecule has 0 aliphatic heterocycles. The highest BCUT2D eigenvalue weighted by Crippen LogP contribution is 2.31. The van der Waals surface area contributed by atoms with Crippen LogP contribution in [0.3, 0.4) is 0 Å². The van der Waals surface area contributed by atoms with Crippen LogP contribution in [0.5, 0.6) is 0 Å². The zero-order chi connectivity index (χ0) is 20.3. The summed E-state index contributed by atoms with van der Waals surface area (Å²) in [6, 6.07) is 5.45. The van der Waals surface area contributed by atoms with E-state index in [9.17, 15) is 9.59 Å². The Bertz CT molecular complexity index is 1050. The van der Waals surface area contributed by atoms with Crippen LogP contribution >= 0.6 is 11.3 Å². The Hall–Kier alpha value is -2.47. The molecule has 2 aromatic heterocycles. The lowest BCUT2D eigenvalue weighted by molar-refractivity contribution is -0.147. The average Bonchev–Trinajstić information content (AvgIpc) is 3.12. The van der Waals surface area contributed by atoms with Crippen molar-refractivity contribution in [1.82, 2.24) is 9.55 Å². The molecule has 3 aromatic rings. The van der Waals surface area contributed by atoms with Gasteiger partial charge in [-0.1, -0.05) is 38.0 Å². The number of nitrogens with zero attached hydrogens (tertiary/aromatic N) is 2. The lowest BCUT2D eigenvalue weighted by Crippen LogP contribution is -2.29. The smallest absolute Gasteiger partial charge is 0.328 e. The van der Waals surface area contributed by atoms with Crippen molar-refractivity contribution in [3.8, 4) is 11.1 Å². The summed E-state index contributed by atoms with van der Waals surface area (Å²) in [4.78, 5) is 30.6. The first-order valence-corrected chi connectivity index (χ1v) is 10.5. The molecule has 2 heterocycles. The SMILES string of the molecule is CCCCCOC(=O)C(C)n1cnc2scc(-c3ccc(C)c(C)c3)c2c1=O. The molecule has 0 fully saturated rings. The summed E-state index contributed by atoms with van der Waals surface area (Å²) in [7, 11) is 0. The predicted molar refractivity (Wildman–Crippen MR) is 114 cm³/mol. The van der Waals surface area contributed by atoms with E-state index < -0.39 is 12.0 Å². The second kappa shape index (κ2) is 8.69. The molecule has 0 aliphatic carbocycles. The van der Waals surface area contributed by atoms with Gasteiger partial charge in [0, 0.05) is 10.9 Å². The average molecular weight is 399 g/mol. The van der Waals surface area contributed by atoms with Gasteiger partial charge in [0.15, 0.2) is 0 Å². The third-order valence-electron chi connectivity index (χ3n) is 5.09. The van der Waals surface area contributed by atoms with E-state index in [2.05, 4.69) is 37.9 Å². The van der Waals surface area contributed by atoms with Crippen molar-refractivity contribution in [3.63, 3.8) is 0 Å². The maximum absolute atomic E-state index is 13.2. The van der Waals surface area contributed by atoms with E-state index in [1.54, 1.807) is 6.92 Å². The van der Waals surface area contributed by atoms with Crippen molar-refractivity contribution >= 4 is 27.5 Å². The molecule has 0 saturated heterocycles. The third-order valence-corrected chi connectivity index (χ3v) is 5.97. The second-order valence-electron chi connectivity index (χ2n) is 7.14.